The standard InChI is InChI=1S/C22H20N2O5S2/c1-12-24-20-18(31-12)9-17(14-6-7-30-21(14)20)29-11-19(25)23-10-13-4-5-16(27-2)15(8-13)22(26)28-3/h4-9H,10-11H2,1-3H3,(H,23,25). The highest BCUT2D eigenvalue weighted by Crippen LogP contribution is 2.38. The maximum absolute atomic E-state index is 12.4. The van der Waals surface area contributed by atoms with Crippen molar-refractivity contribution in [3.63, 3.8) is 0 Å². The molecule has 9 heteroatoms. The first-order valence-corrected chi connectivity index (χ1v) is 11.1. The molecule has 160 valence electrons. The molecule has 2 aromatic carbocycles. The molecule has 7 nitrogen and oxygen atoms in total. The van der Waals surface area contributed by atoms with Gasteiger partial charge in [0.2, 0.25) is 0 Å². The van der Waals surface area contributed by atoms with Gasteiger partial charge in [-0.25, -0.2) is 9.78 Å². The monoisotopic (exact) mass is 456 g/mol. The highest BCUT2D eigenvalue weighted by molar-refractivity contribution is 7.21. The maximum Gasteiger partial charge on any atom is 0.341 e. The molecule has 0 aliphatic rings. The van der Waals surface area contributed by atoms with Crippen LogP contribution in [0.25, 0.3) is 20.3 Å². The first-order chi connectivity index (χ1) is 15.0. The van der Waals surface area contributed by atoms with Gasteiger partial charge in [-0.1, -0.05) is 6.07 Å². The summed E-state index contributed by atoms with van der Waals surface area (Å²) in [6.45, 7) is 2.11. The Morgan fingerprint density at radius 2 is 1.97 bits per heavy atom. The van der Waals surface area contributed by atoms with Gasteiger partial charge < -0.3 is 19.5 Å². The predicted octanol–water partition coefficient (Wildman–Crippen LogP) is 4.31. The number of hydrogen-bond donors (Lipinski definition) is 1. The molecule has 0 aliphatic carbocycles. The number of carbonyl (C=O) groups is 2. The molecule has 0 bridgehead atoms. The van der Waals surface area contributed by atoms with Gasteiger partial charge >= 0.3 is 5.97 Å². The highest BCUT2D eigenvalue weighted by Gasteiger charge is 2.15. The Morgan fingerprint density at radius 1 is 1.13 bits per heavy atom. The number of ether oxygens (including phenoxy) is 3. The molecule has 0 spiro atoms. The fourth-order valence-electron chi connectivity index (χ4n) is 3.24. The summed E-state index contributed by atoms with van der Waals surface area (Å²) in [6, 6.07) is 9.01. The number of amides is 1. The zero-order chi connectivity index (χ0) is 22.0. The van der Waals surface area contributed by atoms with E-state index >= 15 is 0 Å². The molecule has 4 aromatic rings. The Hall–Kier alpha value is -3.17. The van der Waals surface area contributed by atoms with E-state index in [0.717, 1.165) is 30.9 Å². The average molecular weight is 457 g/mol. The summed E-state index contributed by atoms with van der Waals surface area (Å²) in [5, 5.41) is 6.75. The van der Waals surface area contributed by atoms with Gasteiger partial charge in [-0.3, -0.25) is 4.79 Å². The van der Waals surface area contributed by atoms with Crippen LogP contribution in [-0.2, 0) is 16.1 Å². The number of thiophene rings is 1. The van der Waals surface area contributed by atoms with Crippen molar-refractivity contribution in [2.45, 2.75) is 13.5 Å². The fourth-order valence-corrected chi connectivity index (χ4v) is 5.07. The van der Waals surface area contributed by atoms with Crippen molar-refractivity contribution < 1.29 is 23.8 Å². The zero-order valence-corrected chi connectivity index (χ0v) is 18.8. The number of nitrogens with one attached hydrogen (secondary N) is 1. The normalized spacial score (nSPS) is 10.9. The van der Waals surface area contributed by atoms with E-state index in [4.69, 9.17) is 14.2 Å². The van der Waals surface area contributed by atoms with Crippen LogP contribution in [0.4, 0.5) is 0 Å². The van der Waals surface area contributed by atoms with Crippen molar-refractivity contribution in [1.29, 1.82) is 0 Å². The van der Waals surface area contributed by atoms with E-state index in [0.29, 0.717) is 17.1 Å². The van der Waals surface area contributed by atoms with E-state index in [9.17, 15) is 9.59 Å². The number of aromatic nitrogens is 1. The molecule has 0 unspecified atom stereocenters. The van der Waals surface area contributed by atoms with Crippen LogP contribution in [0.2, 0.25) is 0 Å². The van der Waals surface area contributed by atoms with Gasteiger partial charge in [0.25, 0.3) is 5.91 Å². The number of aryl methyl sites for hydroxylation is 1. The molecule has 2 aromatic heterocycles. The molecule has 1 N–H and O–H groups in total. The minimum atomic E-state index is -0.498. The summed E-state index contributed by atoms with van der Waals surface area (Å²) in [6.07, 6.45) is 0. The van der Waals surface area contributed by atoms with Gasteiger partial charge in [-0.2, -0.15) is 0 Å². The lowest BCUT2D eigenvalue weighted by atomic mass is 10.1. The van der Waals surface area contributed by atoms with Crippen LogP contribution in [0.3, 0.4) is 0 Å². The Morgan fingerprint density at radius 3 is 2.74 bits per heavy atom. The quantitative estimate of drug-likeness (QED) is 0.417. The lowest BCUT2D eigenvalue weighted by Crippen LogP contribution is -2.28. The number of esters is 1. The molecule has 0 fully saturated rings. The highest BCUT2D eigenvalue weighted by atomic mass is 32.1. The molecule has 1 amide bonds. The molecule has 2 heterocycles. The third kappa shape index (κ3) is 4.33. The van der Waals surface area contributed by atoms with E-state index in [1.54, 1.807) is 40.9 Å². The van der Waals surface area contributed by atoms with E-state index in [1.807, 2.05) is 24.4 Å². The summed E-state index contributed by atoms with van der Waals surface area (Å²) in [7, 11) is 2.79. The number of rotatable bonds is 7. The number of hydrogen-bond acceptors (Lipinski definition) is 8. The lowest BCUT2D eigenvalue weighted by molar-refractivity contribution is -0.123. The fraction of sp³-hybridized carbons (Fsp3) is 0.227. The zero-order valence-electron chi connectivity index (χ0n) is 17.2. The van der Waals surface area contributed by atoms with Crippen molar-refractivity contribution in [3.8, 4) is 11.5 Å². The van der Waals surface area contributed by atoms with Gasteiger partial charge in [0.15, 0.2) is 6.61 Å². The Balaban J connectivity index is 1.43. The minimum absolute atomic E-state index is 0.117. The van der Waals surface area contributed by atoms with Gasteiger partial charge in [-0.05, 0) is 36.1 Å². The van der Waals surface area contributed by atoms with Crippen molar-refractivity contribution in [1.82, 2.24) is 10.3 Å². The Labute approximate surface area is 186 Å². The van der Waals surface area contributed by atoms with Crippen molar-refractivity contribution in [2.24, 2.45) is 0 Å². The van der Waals surface area contributed by atoms with Crippen LogP contribution in [0, 0.1) is 6.92 Å². The van der Waals surface area contributed by atoms with Crippen LogP contribution in [-0.4, -0.2) is 37.7 Å². The van der Waals surface area contributed by atoms with E-state index in [-0.39, 0.29) is 19.1 Å². The van der Waals surface area contributed by atoms with E-state index in [2.05, 4.69) is 10.3 Å². The molecular weight excluding hydrogens is 436 g/mol. The van der Waals surface area contributed by atoms with Crippen molar-refractivity contribution in [3.05, 3.63) is 51.8 Å². The van der Waals surface area contributed by atoms with E-state index < -0.39 is 5.97 Å². The molecule has 0 saturated carbocycles. The lowest BCUT2D eigenvalue weighted by Gasteiger charge is -2.11. The third-order valence-electron chi connectivity index (χ3n) is 4.69. The van der Waals surface area contributed by atoms with Crippen LogP contribution in [0.1, 0.15) is 20.9 Å². The molecular formula is C22H20N2O5S2. The van der Waals surface area contributed by atoms with Gasteiger partial charge in [0, 0.05) is 18.0 Å². The second-order valence-corrected chi connectivity index (χ2v) is 8.86. The summed E-state index contributed by atoms with van der Waals surface area (Å²) in [5.41, 5.74) is 2.03. The summed E-state index contributed by atoms with van der Waals surface area (Å²) in [5.74, 6) is 0.319. The summed E-state index contributed by atoms with van der Waals surface area (Å²) in [4.78, 5) is 28.9. The van der Waals surface area contributed by atoms with Crippen LogP contribution in [0.5, 0.6) is 11.5 Å². The first-order valence-electron chi connectivity index (χ1n) is 9.42. The van der Waals surface area contributed by atoms with Crippen LogP contribution < -0.4 is 14.8 Å². The number of nitrogens with zero attached hydrogens (tertiary/aromatic N) is 1. The van der Waals surface area contributed by atoms with Gasteiger partial charge in [0.05, 0.1) is 34.1 Å². The number of methoxy groups -OCH3 is 2. The van der Waals surface area contributed by atoms with Gasteiger partial charge in [-0.15, -0.1) is 22.7 Å². The largest absolute Gasteiger partial charge is 0.496 e. The molecule has 0 aliphatic heterocycles. The molecule has 31 heavy (non-hydrogen) atoms. The third-order valence-corrected chi connectivity index (χ3v) is 6.52. The second kappa shape index (κ2) is 8.91. The predicted molar refractivity (Wildman–Crippen MR) is 121 cm³/mol. The van der Waals surface area contributed by atoms with Crippen LogP contribution in [0.15, 0.2) is 35.7 Å². The summed E-state index contributed by atoms with van der Waals surface area (Å²) >= 11 is 3.21. The minimum Gasteiger partial charge on any atom is -0.496 e. The maximum atomic E-state index is 12.4. The molecule has 0 saturated heterocycles. The van der Waals surface area contributed by atoms with Crippen molar-refractivity contribution in [2.75, 3.05) is 20.8 Å². The molecule has 0 radical (unpaired) electrons. The van der Waals surface area contributed by atoms with E-state index in [1.165, 1.54) is 14.2 Å². The second-order valence-electron chi connectivity index (χ2n) is 6.71. The molecule has 0 atom stereocenters. The average Bonchev–Trinajstić information content (AvgIpc) is 3.41. The SMILES string of the molecule is COC(=O)c1cc(CNC(=O)COc2cc3sc(C)nc3c3sccc23)ccc1OC. The Kier molecular flexibility index (Phi) is 6.06. The number of benzene rings is 2. The number of carbonyl (C=O) groups excluding carboxylic acids is 2. The Bertz CT molecular complexity index is 1280. The summed E-state index contributed by atoms with van der Waals surface area (Å²) < 4.78 is 17.9. The molecule has 4 rings (SSSR count). The number of thiazole rings is 1. The van der Waals surface area contributed by atoms with Gasteiger partial charge in [0.1, 0.15) is 17.1 Å². The first kappa shape index (κ1) is 21.1. The number of fused-ring (bicyclic) bond motifs is 3. The van der Waals surface area contributed by atoms with Crippen molar-refractivity contribution >= 4 is 54.9 Å². The van der Waals surface area contributed by atoms with Crippen LogP contribution >= 0.6 is 22.7 Å². The topological polar surface area (TPSA) is 86.8 Å². The smallest absolute Gasteiger partial charge is 0.341 e.